The molecule has 1 aliphatic rings. The normalized spacial score (nSPS) is 16.2. The van der Waals surface area contributed by atoms with Crippen LogP contribution in [-0.2, 0) is 13.1 Å². The Labute approximate surface area is 154 Å². The highest BCUT2D eigenvalue weighted by molar-refractivity contribution is 5.94. The summed E-state index contributed by atoms with van der Waals surface area (Å²) in [5, 5.41) is 12.6. The van der Waals surface area contributed by atoms with E-state index in [9.17, 15) is 9.90 Å². The van der Waals surface area contributed by atoms with Crippen molar-refractivity contribution in [2.45, 2.75) is 39.9 Å². The summed E-state index contributed by atoms with van der Waals surface area (Å²) in [6.45, 7) is 8.31. The van der Waals surface area contributed by atoms with Crippen molar-refractivity contribution >= 4 is 5.91 Å². The molecule has 26 heavy (non-hydrogen) atoms. The second-order valence-corrected chi connectivity index (χ2v) is 8.06. The van der Waals surface area contributed by atoms with Gasteiger partial charge in [0.05, 0.1) is 18.3 Å². The van der Waals surface area contributed by atoms with Crippen molar-refractivity contribution in [3.05, 3.63) is 41.7 Å². The Morgan fingerprint density at radius 3 is 2.58 bits per heavy atom. The van der Waals surface area contributed by atoms with Crippen LogP contribution in [0.3, 0.4) is 0 Å². The maximum absolute atomic E-state index is 13.0. The molecule has 1 unspecified atom stereocenters. The van der Waals surface area contributed by atoms with Gasteiger partial charge in [0, 0.05) is 25.2 Å². The largest absolute Gasteiger partial charge is 0.394 e. The van der Waals surface area contributed by atoms with Gasteiger partial charge >= 0.3 is 0 Å². The molecular weight excluding hydrogens is 328 g/mol. The number of aliphatic hydroxyl groups excluding tert-OH is 1. The quantitative estimate of drug-likeness (QED) is 0.880. The second-order valence-electron chi connectivity index (χ2n) is 8.06. The van der Waals surface area contributed by atoms with Gasteiger partial charge in [-0.3, -0.25) is 9.69 Å². The average Bonchev–Trinajstić information content (AvgIpc) is 2.98. The van der Waals surface area contributed by atoms with Crippen LogP contribution in [0.2, 0.25) is 0 Å². The lowest BCUT2D eigenvalue weighted by molar-refractivity contribution is 0.0840. The minimum Gasteiger partial charge on any atom is -0.394 e. The van der Waals surface area contributed by atoms with Crippen LogP contribution >= 0.6 is 0 Å². The number of nitrogens with zero attached hydrogens (tertiary/aromatic N) is 3. The van der Waals surface area contributed by atoms with Gasteiger partial charge in [-0.1, -0.05) is 51.1 Å². The molecule has 2 aromatic rings. The fourth-order valence-corrected chi connectivity index (χ4v) is 3.25. The van der Waals surface area contributed by atoms with Crippen molar-refractivity contribution in [1.29, 1.82) is 0 Å². The molecule has 1 aromatic heterocycles. The fraction of sp³-hybridized carbons (Fsp3) is 0.500. The van der Waals surface area contributed by atoms with E-state index in [0.29, 0.717) is 12.2 Å². The Morgan fingerprint density at radius 1 is 1.27 bits per heavy atom. The number of nitrogens with one attached hydrogen (secondary N) is 1. The summed E-state index contributed by atoms with van der Waals surface area (Å²) in [4.78, 5) is 19.9. The van der Waals surface area contributed by atoms with Crippen molar-refractivity contribution in [1.82, 2.24) is 19.8 Å². The molecule has 0 radical (unpaired) electrons. The van der Waals surface area contributed by atoms with E-state index in [0.717, 1.165) is 30.2 Å². The number of hydrogen-bond acceptors (Lipinski definition) is 4. The molecule has 1 aromatic carbocycles. The first-order valence-corrected chi connectivity index (χ1v) is 9.06. The molecule has 0 fully saturated rings. The number of rotatable bonds is 4. The Morgan fingerprint density at radius 2 is 1.96 bits per heavy atom. The summed E-state index contributed by atoms with van der Waals surface area (Å²) in [6.07, 6.45) is 0. The van der Waals surface area contributed by atoms with Gasteiger partial charge in [-0.2, -0.15) is 0 Å². The Bertz CT molecular complexity index is 777. The van der Waals surface area contributed by atoms with Gasteiger partial charge in [0.1, 0.15) is 5.82 Å². The number of fused-ring (bicyclic) bond motifs is 1. The number of aromatic nitrogens is 2. The van der Waals surface area contributed by atoms with Crippen LogP contribution in [0.15, 0.2) is 30.3 Å². The van der Waals surface area contributed by atoms with Gasteiger partial charge in [0.2, 0.25) is 0 Å². The van der Waals surface area contributed by atoms with Crippen LogP contribution in [0.5, 0.6) is 0 Å². The summed E-state index contributed by atoms with van der Waals surface area (Å²) >= 11 is 0. The van der Waals surface area contributed by atoms with Crippen LogP contribution in [-0.4, -0.2) is 51.7 Å². The van der Waals surface area contributed by atoms with E-state index in [-0.39, 0.29) is 24.0 Å². The first-order chi connectivity index (χ1) is 12.3. The molecule has 0 aliphatic carbocycles. The number of carbonyl (C=O) groups excluding carboxylic acids is 1. The standard InChI is InChI=1S/C20H28N4O2/c1-20(2,3)16(13-25)21-19(26)17-15-12-23(4)10-11-24(15)18(22-17)14-8-6-5-7-9-14/h5-9,16,25H,10-13H2,1-4H3,(H,21,26). The SMILES string of the molecule is CN1CCn2c(-c3ccccc3)nc(C(=O)NC(CO)C(C)(C)C)c2C1. The summed E-state index contributed by atoms with van der Waals surface area (Å²) < 4.78 is 2.15. The second kappa shape index (κ2) is 7.21. The van der Waals surface area contributed by atoms with Crippen LogP contribution < -0.4 is 5.32 Å². The number of amides is 1. The van der Waals surface area contributed by atoms with E-state index in [1.54, 1.807) is 0 Å². The zero-order valence-electron chi connectivity index (χ0n) is 16.0. The molecule has 0 spiro atoms. The minimum absolute atomic E-state index is 0.100. The minimum atomic E-state index is -0.325. The van der Waals surface area contributed by atoms with Crippen molar-refractivity contribution in [2.75, 3.05) is 20.2 Å². The smallest absolute Gasteiger partial charge is 0.272 e. The maximum atomic E-state index is 13.0. The molecule has 140 valence electrons. The maximum Gasteiger partial charge on any atom is 0.272 e. The third-order valence-corrected chi connectivity index (χ3v) is 4.98. The van der Waals surface area contributed by atoms with E-state index in [1.165, 1.54) is 0 Å². The highest BCUT2D eigenvalue weighted by Crippen LogP contribution is 2.27. The van der Waals surface area contributed by atoms with Crippen LogP contribution in [0.1, 0.15) is 37.0 Å². The van der Waals surface area contributed by atoms with Gasteiger partial charge in [0.15, 0.2) is 5.69 Å². The fourth-order valence-electron chi connectivity index (χ4n) is 3.25. The molecule has 2 heterocycles. The van der Waals surface area contributed by atoms with Gasteiger partial charge < -0.3 is 15.0 Å². The molecule has 1 aliphatic heterocycles. The molecule has 1 amide bonds. The van der Waals surface area contributed by atoms with E-state index in [2.05, 4.69) is 14.8 Å². The van der Waals surface area contributed by atoms with Gasteiger partial charge in [-0.25, -0.2) is 4.98 Å². The molecule has 0 bridgehead atoms. The molecule has 6 heteroatoms. The summed E-state index contributed by atoms with van der Waals surface area (Å²) in [5.74, 6) is 0.607. The predicted molar refractivity (Wildman–Crippen MR) is 102 cm³/mol. The highest BCUT2D eigenvalue weighted by atomic mass is 16.3. The van der Waals surface area contributed by atoms with Crippen molar-refractivity contribution in [3.8, 4) is 11.4 Å². The predicted octanol–water partition coefficient (Wildman–Crippen LogP) is 2.13. The molecule has 0 saturated heterocycles. The van der Waals surface area contributed by atoms with Gasteiger partial charge in [-0.05, 0) is 12.5 Å². The molecule has 3 rings (SSSR count). The summed E-state index contributed by atoms with van der Waals surface area (Å²) in [7, 11) is 2.05. The van der Waals surface area contributed by atoms with E-state index < -0.39 is 0 Å². The monoisotopic (exact) mass is 356 g/mol. The van der Waals surface area contributed by atoms with Crippen molar-refractivity contribution < 1.29 is 9.90 Å². The van der Waals surface area contributed by atoms with E-state index in [1.807, 2.05) is 58.2 Å². The topological polar surface area (TPSA) is 70.4 Å². The number of carbonyl (C=O) groups is 1. The van der Waals surface area contributed by atoms with Crippen molar-refractivity contribution in [2.24, 2.45) is 5.41 Å². The molecule has 1 atom stereocenters. The zero-order valence-corrected chi connectivity index (χ0v) is 16.0. The lowest BCUT2D eigenvalue weighted by Crippen LogP contribution is -2.46. The number of imidazole rings is 1. The molecular formula is C20H28N4O2. The first-order valence-electron chi connectivity index (χ1n) is 9.06. The Kier molecular flexibility index (Phi) is 5.16. The number of hydrogen-bond donors (Lipinski definition) is 2. The zero-order chi connectivity index (χ0) is 18.9. The number of aliphatic hydroxyl groups is 1. The first kappa shape index (κ1) is 18.6. The lowest BCUT2D eigenvalue weighted by atomic mass is 9.87. The van der Waals surface area contributed by atoms with Gasteiger partial charge in [0.25, 0.3) is 5.91 Å². The summed E-state index contributed by atoms with van der Waals surface area (Å²) in [6, 6.07) is 9.64. The van der Waals surface area contributed by atoms with E-state index >= 15 is 0 Å². The van der Waals surface area contributed by atoms with Crippen molar-refractivity contribution in [3.63, 3.8) is 0 Å². The highest BCUT2D eigenvalue weighted by Gasteiger charge is 2.30. The van der Waals surface area contributed by atoms with Crippen LogP contribution in [0, 0.1) is 5.41 Å². The van der Waals surface area contributed by atoms with Crippen LogP contribution in [0.4, 0.5) is 0 Å². The number of benzene rings is 1. The average molecular weight is 356 g/mol. The van der Waals surface area contributed by atoms with E-state index in [4.69, 9.17) is 4.98 Å². The third kappa shape index (κ3) is 3.66. The third-order valence-electron chi connectivity index (χ3n) is 4.98. The Balaban J connectivity index is 1.99. The lowest BCUT2D eigenvalue weighted by Gasteiger charge is -2.30. The summed E-state index contributed by atoms with van der Waals surface area (Å²) in [5.41, 5.74) is 2.16. The number of likely N-dealkylation sites (N-methyl/N-ethyl adjacent to an activating group) is 1. The molecule has 0 saturated carbocycles. The Hall–Kier alpha value is -2.18. The van der Waals surface area contributed by atoms with Crippen LogP contribution in [0.25, 0.3) is 11.4 Å². The molecule has 2 N–H and O–H groups in total. The van der Waals surface area contributed by atoms with Gasteiger partial charge in [-0.15, -0.1) is 0 Å². The molecule has 6 nitrogen and oxygen atoms in total.